The van der Waals surface area contributed by atoms with Crippen LogP contribution in [0.15, 0.2) is 16.7 Å². The normalized spacial score (nSPS) is 19.6. The van der Waals surface area contributed by atoms with E-state index in [4.69, 9.17) is 10.2 Å². The molecular weight excluding hydrogens is 276 g/mol. The molecule has 1 amide bonds. The first-order valence-corrected chi connectivity index (χ1v) is 7.18. The van der Waals surface area contributed by atoms with E-state index in [9.17, 15) is 4.79 Å². The Morgan fingerprint density at radius 1 is 1.45 bits per heavy atom. The van der Waals surface area contributed by atoms with Crippen LogP contribution < -0.4 is 5.73 Å². The van der Waals surface area contributed by atoms with Gasteiger partial charge in [-0.1, -0.05) is 13.8 Å². The molecule has 2 rings (SSSR count). The smallest absolute Gasteiger partial charge is 0.257 e. The Kier molecular flexibility index (Phi) is 6.56. The number of amides is 1. The van der Waals surface area contributed by atoms with Crippen molar-refractivity contribution in [2.75, 3.05) is 13.1 Å². The predicted molar refractivity (Wildman–Crippen MR) is 81.9 cm³/mol. The fourth-order valence-electron chi connectivity index (χ4n) is 2.77. The molecule has 1 aromatic heterocycles. The molecule has 1 atom stereocenters. The minimum Gasteiger partial charge on any atom is -0.467 e. The Morgan fingerprint density at radius 3 is 2.80 bits per heavy atom. The summed E-state index contributed by atoms with van der Waals surface area (Å²) in [6, 6.07) is 1.76. The van der Waals surface area contributed by atoms with Crippen LogP contribution in [-0.2, 0) is 6.54 Å². The molecule has 20 heavy (non-hydrogen) atoms. The van der Waals surface area contributed by atoms with Gasteiger partial charge in [0.2, 0.25) is 0 Å². The third kappa shape index (κ3) is 4.00. The first-order chi connectivity index (χ1) is 9.11. The summed E-state index contributed by atoms with van der Waals surface area (Å²) in [6.07, 6.45) is 4.94. The highest BCUT2D eigenvalue weighted by molar-refractivity contribution is 5.94. The van der Waals surface area contributed by atoms with E-state index in [1.165, 1.54) is 12.7 Å². The summed E-state index contributed by atoms with van der Waals surface area (Å²) in [6.45, 7) is 6.58. The number of likely N-dealkylation sites (tertiary alicyclic amines) is 1. The summed E-state index contributed by atoms with van der Waals surface area (Å²) >= 11 is 0. The number of carbonyl (C=O) groups is 1. The van der Waals surface area contributed by atoms with Crippen molar-refractivity contribution >= 4 is 18.3 Å². The molecule has 1 saturated heterocycles. The molecule has 0 aliphatic carbocycles. The molecule has 0 saturated carbocycles. The molecule has 1 unspecified atom stereocenters. The van der Waals surface area contributed by atoms with Gasteiger partial charge in [-0.3, -0.25) is 4.79 Å². The first kappa shape index (κ1) is 17.1. The van der Waals surface area contributed by atoms with E-state index in [1.807, 2.05) is 4.90 Å². The van der Waals surface area contributed by atoms with E-state index in [-0.39, 0.29) is 18.3 Å². The lowest BCUT2D eigenvalue weighted by Gasteiger charge is -2.21. The zero-order chi connectivity index (χ0) is 13.8. The molecule has 1 aliphatic rings. The van der Waals surface area contributed by atoms with Gasteiger partial charge in [-0.15, -0.1) is 12.4 Å². The van der Waals surface area contributed by atoms with Crippen LogP contribution >= 0.6 is 12.4 Å². The van der Waals surface area contributed by atoms with Gasteiger partial charge in [-0.2, -0.15) is 0 Å². The molecular formula is C15H25ClN2O2. The second-order valence-electron chi connectivity index (χ2n) is 5.73. The van der Waals surface area contributed by atoms with Crippen molar-refractivity contribution in [1.82, 2.24) is 4.90 Å². The van der Waals surface area contributed by atoms with Gasteiger partial charge in [0.1, 0.15) is 12.0 Å². The first-order valence-electron chi connectivity index (χ1n) is 7.18. The third-order valence-electron chi connectivity index (χ3n) is 4.10. The number of furan rings is 1. The Hall–Kier alpha value is -1.00. The van der Waals surface area contributed by atoms with Gasteiger partial charge in [-0.05, 0) is 37.2 Å². The summed E-state index contributed by atoms with van der Waals surface area (Å²) in [5.41, 5.74) is 6.13. The van der Waals surface area contributed by atoms with Gasteiger partial charge < -0.3 is 15.1 Å². The highest BCUT2D eigenvalue weighted by Crippen LogP contribution is 2.25. The van der Waals surface area contributed by atoms with Crippen molar-refractivity contribution in [3.05, 3.63) is 23.7 Å². The number of halogens is 1. The van der Waals surface area contributed by atoms with Gasteiger partial charge >= 0.3 is 0 Å². The Bertz CT molecular complexity index is 431. The Labute approximate surface area is 127 Å². The van der Waals surface area contributed by atoms with Crippen molar-refractivity contribution in [1.29, 1.82) is 0 Å². The van der Waals surface area contributed by atoms with Crippen LogP contribution in [0.3, 0.4) is 0 Å². The lowest BCUT2D eigenvalue weighted by Crippen LogP contribution is -2.31. The summed E-state index contributed by atoms with van der Waals surface area (Å²) in [4.78, 5) is 14.3. The van der Waals surface area contributed by atoms with E-state index in [2.05, 4.69) is 13.8 Å². The van der Waals surface area contributed by atoms with Crippen LogP contribution in [-0.4, -0.2) is 23.9 Å². The number of hydrogen-bond acceptors (Lipinski definition) is 3. The molecule has 1 aliphatic heterocycles. The van der Waals surface area contributed by atoms with Crippen LogP contribution in [0.1, 0.15) is 49.2 Å². The summed E-state index contributed by atoms with van der Waals surface area (Å²) in [7, 11) is 0. The SMILES string of the molecule is CC(C)C1CCCN(C(=O)c2coc(CN)c2)CC1.Cl. The van der Waals surface area contributed by atoms with E-state index >= 15 is 0 Å². The molecule has 2 heterocycles. The van der Waals surface area contributed by atoms with Gasteiger partial charge in [-0.25, -0.2) is 0 Å². The van der Waals surface area contributed by atoms with Crippen LogP contribution in [0.2, 0.25) is 0 Å². The zero-order valence-electron chi connectivity index (χ0n) is 12.3. The number of nitrogens with zero attached hydrogens (tertiary/aromatic N) is 1. The maximum atomic E-state index is 12.4. The molecule has 2 N–H and O–H groups in total. The topological polar surface area (TPSA) is 59.5 Å². The van der Waals surface area contributed by atoms with Crippen molar-refractivity contribution in [3.63, 3.8) is 0 Å². The van der Waals surface area contributed by atoms with E-state index in [0.717, 1.165) is 31.8 Å². The van der Waals surface area contributed by atoms with E-state index in [1.54, 1.807) is 6.07 Å². The molecule has 0 radical (unpaired) electrons. The molecule has 0 spiro atoms. The second-order valence-corrected chi connectivity index (χ2v) is 5.73. The van der Waals surface area contributed by atoms with Crippen molar-refractivity contribution in [3.8, 4) is 0 Å². The summed E-state index contributed by atoms with van der Waals surface area (Å²) in [5, 5.41) is 0. The maximum absolute atomic E-state index is 12.4. The Morgan fingerprint density at radius 2 is 2.20 bits per heavy atom. The molecule has 1 fully saturated rings. The molecule has 4 nitrogen and oxygen atoms in total. The third-order valence-corrected chi connectivity index (χ3v) is 4.10. The fourth-order valence-corrected chi connectivity index (χ4v) is 2.77. The molecule has 5 heteroatoms. The van der Waals surface area contributed by atoms with E-state index in [0.29, 0.717) is 23.8 Å². The number of hydrogen-bond donors (Lipinski definition) is 1. The average Bonchev–Trinajstić information content (AvgIpc) is 2.74. The second kappa shape index (κ2) is 7.70. The fraction of sp³-hybridized carbons (Fsp3) is 0.667. The number of rotatable bonds is 3. The minimum atomic E-state index is 0. The van der Waals surface area contributed by atoms with Gasteiger partial charge in [0, 0.05) is 13.1 Å². The minimum absolute atomic E-state index is 0. The largest absolute Gasteiger partial charge is 0.467 e. The molecule has 0 bridgehead atoms. The molecule has 1 aromatic rings. The lowest BCUT2D eigenvalue weighted by molar-refractivity contribution is 0.0758. The van der Waals surface area contributed by atoms with Gasteiger partial charge in [0.15, 0.2) is 0 Å². The molecule has 114 valence electrons. The predicted octanol–water partition coefficient (Wildman–Crippen LogP) is 3.06. The van der Waals surface area contributed by atoms with Crippen LogP contribution in [0.25, 0.3) is 0 Å². The van der Waals surface area contributed by atoms with Crippen LogP contribution in [0.4, 0.5) is 0 Å². The van der Waals surface area contributed by atoms with Crippen molar-refractivity contribution < 1.29 is 9.21 Å². The average molecular weight is 301 g/mol. The standard InChI is InChI=1S/C15H24N2O2.ClH/c1-11(2)12-4-3-6-17(7-5-12)15(18)13-8-14(9-16)19-10-13;/h8,10-12H,3-7,9,16H2,1-2H3;1H. The zero-order valence-corrected chi connectivity index (χ0v) is 13.1. The van der Waals surface area contributed by atoms with E-state index < -0.39 is 0 Å². The van der Waals surface area contributed by atoms with Crippen molar-refractivity contribution in [2.24, 2.45) is 17.6 Å². The Balaban J connectivity index is 0.00000200. The molecule has 0 aromatic carbocycles. The lowest BCUT2D eigenvalue weighted by atomic mass is 9.89. The van der Waals surface area contributed by atoms with Crippen LogP contribution in [0.5, 0.6) is 0 Å². The van der Waals surface area contributed by atoms with Gasteiger partial charge in [0.05, 0.1) is 12.1 Å². The summed E-state index contributed by atoms with van der Waals surface area (Å²) in [5.74, 6) is 2.18. The monoisotopic (exact) mass is 300 g/mol. The number of nitrogens with two attached hydrogens (primary N) is 1. The highest BCUT2D eigenvalue weighted by Gasteiger charge is 2.23. The quantitative estimate of drug-likeness (QED) is 0.933. The van der Waals surface area contributed by atoms with Crippen LogP contribution in [0, 0.1) is 11.8 Å². The summed E-state index contributed by atoms with van der Waals surface area (Å²) < 4.78 is 5.24. The van der Waals surface area contributed by atoms with Crippen molar-refractivity contribution in [2.45, 2.75) is 39.7 Å². The highest BCUT2D eigenvalue weighted by atomic mass is 35.5. The van der Waals surface area contributed by atoms with Gasteiger partial charge in [0.25, 0.3) is 5.91 Å². The maximum Gasteiger partial charge on any atom is 0.257 e. The number of carbonyl (C=O) groups excluding carboxylic acids is 1.